The molecule has 1 amide bonds. The molecule has 3 heterocycles. The Labute approximate surface area is 175 Å². The molecule has 3 aromatic rings. The van der Waals surface area contributed by atoms with Gasteiger partial charge in [-0.15, -0.1) is 23.1 Å². The van der Waals surface area contributed by atoms with E-state index in [1.54, 1.807) is 42.4 Å². The highest BCUT2D eigenvalue weighted by Crippen LogP contribution is 2.42. The number of carbonyl (C=O) groups is 1. The summed E-state index contributed by atoms with van der Waals surface area (Å²) in [6.45, 7) is 12.5. The van der Waals surface area contributed by atoms with Crippen LogP contribution >= 0.6 is 23.1 Å². The average molecular weight is 417 g/mol. The smallest absolute Gasteiger partial charge is 0.225 e. The third-order valence-corrected chi connectivity index (χ3v) is 6.69. The largest absolute Gasteiger partial charge is 0.291 e. The lowest BCUT2D eigenvalue weighted by molar-refractivity contribution is -0.117. The van der Waals surface area contributed by atoms with E-state index >= 15 is 0 Å². The zero-order valence-electron chi connectivity index (χ0n) is 17.6. The molecule has 3 aromatic heterocycles. The number of rotatable bonds is 5. The third kappa shape index (κ3) is 4.10. The topological polar surface area (TPSA) is 50.5 Å². The number of imidazole rings is 1. The molecule has 7 heteroatoms. The van der Waals surface area contributed by atoms with Gasteiger partial charge in [0.25, 0.3) is 0 Å². The lowest BCUT2D eigenvalue weighted by Crippen LogP contribution is -2.50. The van der Waals surface area contributed by atoms with Crippen molar-refractivity contribution < 1.29 is 4.79 Å². The summed E-state index contributed by atoms with van der Waals surface area (Å²) in [5.74, 6) is 0.824. The fraction of sp³-hybridized carbons (Fsp3) is 0.476. The standard InChI is InChI=1S/C21H28N4OS2/c1-14(26)25(21(5,6)13-20(2,3)4)19-18(15-8-9-17(27-7)28-15)23-16-12-22-10-11-24(16)19/h8-12H,13H2,1-7H3. The van der Waals surface area contributed by atoms with Crippen LogP contribution in [-0.4, -0.2) is 32.1 Å². The highest BCUT2D eigenvalue weighted by Gasteiger charge is 2.37. The Hall–Kier alpha value is -1.86. The Balaban J connectivity index is 2.26. The molecule has 0 aliphatic heterocycles. The number of amides is 1. The number of aromatic nitrogens is 3. The van der Waals surface area contributed by atoms with Gasteiger partial charge in [-0.05, 0) is 44.1 Å². The molecule has 3 rings (SSSR count). The first-order valence-electron chi connectivity index (χ1n) is 9.30. The van der Waals surface area contributed by atoms with E-state index in [1.165, 1.54) is 4.21 Å². The van der Waals surface area contributed by atoms with Crippen molar-refractivity contribution in [2.24, 2.45) is 5.41 Å². The van der Waals surface area contributed by atoms with E-state index in [2.05, 4.69) is 58.0 Å². The molecule has 0 atom stereocenters. The van der Waals surface area contributed by atoms with Crippen molar-refractivity contribution in [3.8, 4) is 10.6 Å². The van der Waals surface area contributed by atoms with Gasteiger partial charge in [0.15, 0.2) is 5.65 Å². The molecule has 0 radical (unpaired) electrons. The van der Waals surface area contributed by atoms with Crippen molar-refractivity contribution in [2.75, 3.05) is 11.2 Å². The van der Waals surface area contributed by atoms with Gasteiger partial charge in [-0.3, -0.25) is 19.1 Å². The monoisotopic (exact) mass is 416 g/mol. The van der Waals surface area contributed by atoms with Crippen molar-refractivity contribution >= 4 is 40.5 Å². The number of thioether (sulfide) groups is 1. The Morgan fingerprint density at radius 3 is 2.54 bits per heavy atom. The molecule has 0 N–H and O–H groups in total. The van der Waals surface area contributed by atoms with E-state index in [0.717, 1.165) is 28.5 Å². The number of nitrogens with zero attached hydrogens (tertiary/aromatic N) is 4. The molecule has 0 bridgehead atoms. The summed E-state index contributed by atoms with van der Waals surface area (Å²) < 4.78 is 3.20. The van der Waals surface area contributed by atoms with E-state index < -0.39 is 0 Å². The molecule has 0 aliphatic carbocycles. The van der Waals surface area contributed by atoms with Crippen LogP contribution in [0.25, 0.3) is 16.2 Å². The zero-order chi connectivity index (χ0) is 20.7. The lowest BCUT2D eigenvalue weighted by Gasteiger charge is -2.41. The van der Waals surface area contributed by atoms with Gasteiger partial charge in [0, 0.05) is 24.9 Å². The molecule has 150 valence electrons. The maximum Gasteiger partial charge on any atom is 0.225 e. The van der Waals surface area contributed by atoms with Gasteiger partial charge in [0.05, 0.1) is 15.3 Å². The molecule has 0 saturated carbocycles. The normalized spacial score (nSPS) is 12.5. The van der Waals surface area contributed by atoms with E-state index in [9.17, 15) is 4.79 Å². The minimum Gasteiger partial charge on any atom is -0.291 e. The number of hydrogen-bond acceptors (Lipinski definition) is 5. The summed E-state index contributed by atoms with van der Waals surface area (Å²) in [5.41, 5.74) is 1.27. The Bertz CT molecular complexity index is 997. The second-order valence-electron chi connectivity index (χ2n) is 8.82. The fourth-order valence-corrected chi connectivity index (χ4v) is 5.60. The van der Waals surface area contributed by atoms with Crippen LogP contribution < -0.4 is 4.90 Å². The molecule has 0 fully saturated rings. The van der Waals surface area contributed by atoms with Gasteiger partial charge in [-0.25, -0.2) is 4.98 Å². The van der Waals surface area contributed by atoms with Gasteiger partial charge >= 0.3 is 0 Å². The molecule has 28 heavy (non-hydrogen) atoms. The number of carbonyl (C=O) groups excluding carboxylic acids is 1. The Morgan fingerprint density at radius 1 is 1.25 bits per heavy atom. The van der Waals surface area contributed by atoms with Gasteiger partial charge in [0.1, 0.15) is 11.5 Å². The van der Waals surface area contributed by atoms with Crippen molar-refractivity contribution in [1.29, 1.82) is 0 Å². The molecule has 5 nitrogen and oxygen atoms in total. The lowest BCUT2D eigenvalue weighted by atomic mass is 9.80. The highest BCUT2D eigenvalue weighted by molar-refractivity contribution is 8.00. The van der Waals surface area contributed by atoms with Gasteiger partial charge < -0.3 is 0 Å². The average Bonchev–Trinajstić information content (AvgIpc) is 3.17. The first-order chi connectivity index (χ1) is 13.0. The quantitative estimate of drug-likeness (QED) is 0.497. The summed E-state index contributed by atoms with van der Waals surface area (Å²) in [6.07, 6.45) is 8.29. The van der Waals surface area contributed by atoms with Crippen molar-refractivity contribution in [3.05, 3.63) is 30.7 Å². The van der Waals surface area contributed by atoms with Crippen LogP contribution in [0.15, 0.2) is 34.9 Å². The molecule has 0 saturated heterocycles. The van der Waals surface area contributed by atoms with Crippen LogP contribution in [0.5, 0.6) is 0 Å². The van der Waals surface area contributed by atoms with E-state index in [1.807, 2.05) is 15.5 Å². The van der Waals surface area contributed by atoms with Crippen molar-refractivity contribution in [3.63, 3.8) is 0 Å². The van der Waals surface area contributed by atoms with Crippen LogP contribution in [0.3, 0.4) is 0 Å². The maximum absolute atomic E-state index is 12.9. The fourth-order valence-electron chi connectivity index (χ4n) is 4.07. The number of hydrogen-bond donors (Lipinski definition) is 0. The molecule has 0 aliphatic rings. The van der Waals surface area contributed by atoms with Gasteiger partial charge in [0.2, 0.25) is 5.91 Å². The van der Waals surface area contributed by atoms with Crippen LogP contribution in [-0.2, 0) is 4.79 Å². The van der Waals surface area contributed by atoms with Crippen LogP contribution in [0.4, 0.5) is 5.82 Å². The summed E-state index contributed by atoms with van der Waals surface area (Å²) in [5, 5.41) is 0. The van der Waals surface area contributed by atoms with Gasteiger partial charge in [-0.1, -0.05) is 20.8 Å². The first-order valence-corrected chi connectivity index (χ1v) is 11.3. The summed E-state index contributed by atoms with van der Waals surface area (Å²) in [4.78, 5) is 25.0. The second-order valence-corrected chi connectivity index (χ2v) is 11.0. The Morgan fingerprint density at radius 2 is 1.96 bits per heavy atom. The minimum atomic E-state index is -0.377. The summed E-state index contributed by atoms with van der Waals surface area (Å²) in [7, 11) is 0. The molecule has 0 spiro atoms. The van der Waals surface area contributed by atoms with Crippen LogP contribution in [0.2, 0.25) is 0 Å². The van der Waals surface area contributed by atoms with Crippen molar-refractivity contribution in [1.82, 2.24) is 14.4 Å². The van der Waals surface area contributed by atoms with Crippen LogP contribution in [0.1, 0.15) is 48.0 Å². The second kappa shape index (κ2) is 7.52. The van der Waals surface area contributed by atoms with Gasteiger partial charge in [-0.2, -0.15) is 0 Å². The molecular weight excluding hydrogens is 388 g/mol. The predicted octanol–water partition coefficient (Wildman–Crippen LogP) is 5.75. The third-order valence-electron chi connectivity index (χ3n) is 4.52. The summed E-state index contributed by atoms with van der Waals surface area (Å²) in [6, 6.07) is 4.19. The first kappa shape index (κ1) is 20.9. The summed E-state index contributed by atoms with van der Waals surface area (Å²) >= 11 is 3.41. The number of thiophene rings is 1. The Kier molecular flexibility index (Phi) is 5.60. The molecule has 0 unspecified atom stereocenters. The van der Waals surface area contributed by atoms with E-state index in [-0.39, 0.29) is 16.9 Å². The SMILES string of the molecule is CSc1ccc(-c2nc3cnccn3c2N(C(C)=O)C(C)(C)CC(C)(C)C)s1. The highest BCUT2D eigenvalue weighted by atomic mass is 32.2. The maximum atomic E-state index is 12.9. The van der Waals surface area contributed by atoms with E-state index in [4.69, 9.17) is 4.98 Å². The van der Waals surface area contributed by atoms with Crippen LogP contribution in [0, 0.1) is 5.41 Å². The predicted molar refractivity (Wildman–Crippen MR) is 119 cm³/mol. The number of anilines is 1. The zero-order valence-corrected chi connectivity index (χ0v) is 19.2. The number of fused-ring (bicyclic) bond motifs is 1. The molecule has 0 aromatic carbocycles. The van der Waals surface area contributed by atoms with E-state index in [0.29, 0.717) is 0 Å². The minimum absolute atomic E-state index is 0.00996. The molecular formula is C21H28N4OS2. The van der Waals surface area contributed by atoms with Crippen molar-refractivity contribution in [2.45, 2.75) is 57.7 Å².